The molecule has 0 radical (unpaired) electrons. The van der Waals surface area contributed by atoms with Crippen LogP contribution in [0.25, 0.3) is 0 Å². The molecule has 3 nitrogen and oxygen atoms in total. The second-order valence-electron chi connectivity index (χ2n) is 5.17. The predicted molar refractivity (Wildman–Crippen MR) is 73.7 cm³/mol. The number of hydrogen-bond donors (Lipinski definition) is 0. The van der Waals surface area contributed by atoms with Crippen molar-refractivity contribution in [3.8, 4) is 0 Å². The molecule has 3 heteroatoms. The van der Waals surface area contributed by atoms with E-state index in [-0.39, 0.29) is 5.91 Å². The van der Waals surface area contributed by atoms with E-state index in [0.29, 0.717) is 6.04 Å². The number of aryl methyl sites for hydroxylation is 1. The third-order valence-electron chi connectivity index (χ3n) is 3.79. The van der Waals surface area contributed by atoms with Crippen molar-refractivity contribution in [3.05, 3.63) is 24.0 Å². The Kier molecular flexibility index (Phi) is 4.45. The molecule has 1 aromatic rings. The third-order valence-corrected chi connectivity index (χ3v) is 3.79. The molecular formula is C15H24N2O. The van der Waals surface area contributed by atoms with Gasteiger partial charge in [-0.15, -0.1) is 0 Å². The van der Waals surface area contributed by atoms with Crippen LogP contribution in [0.5, 0.6) is 0 Å². The first kappa shape index (κ1) is 13.2. The Hall–Kier alpha value is -1.25. The van der Waals surface area contributed by atoms with Gasteiger partial charge in [-0.25, -0.2) is 0 Å². The fraction of sp³-hybridized carbons (Fsp3) is 0.667. The summed E-state index contributed by atoms with van der Waals surface area (Å²) >= 11 is 0. The second kappa shape index (κ2) is 6.07. The van der Waals surface area contributed by atoms with E-state index >= 15 is 0 Å². The SMILES string of the molecule is CCCC(CCC)N1CCCn2cccc2C1=O. The van der Waals surface area contributed by atoms with E-state index in [0.717, 1.165) is 50.9 Å². The smallest absolute Gasteiger partial charge is 0.270 e. The summed E-state index contributed by atoms with van der Waals surface area (Å²) < 4.78 is 2.09. The average Bonchev–Trinajstić information content (AvgIpc) is 2.77. The highest BCUT2D eigenvalue weighted by atomic mass is 16.2. The van der Waals surface area contributed by atoms with Gasteiger partial charge in [-0.2, -0.15) is 0 Å². The molecular weight excluding hydrogens is 224 g/mol. The minimum atomic E-state index is 0.226. The normalized spacial score (nSPS) is 15.9. The minimum Gasteiger partial charge on any atom is -0.343 e. The van der Waals surface area contributed by atoms with Crippen molar-refractivity contribution in [1.82, 2.24) is 9.47 Å². The lowest BCUT2D eigenvalue weighted by atomic mass is 10.0. The van der Waals surface area contributed by atoms with Gasteiger partial charge in [-0.05, 0) is 31.4 Å². The molecule has 0 spiro atoms. The van der Waals surface area contributed by atoms with Crippen LogP contribution in [0.4, 0.5) is 0 Å². The number of hydrogen-bond acceptors (Lipinski definition) is 1. The van der Waals surface area contributed by atoms with E-state index < -0.39 is 0 Å². The van der Waals surface area contributed by atoms with Gasteiger partial charge in [-0.3, -0.25) is 4.79 Å². The lowest BCUT2D eigenvalue weighted by molar-refractivity contribution is 0.0660. The van der Waals surface area contributed by atoms with Gasteiger partial charge in [-0.1, -0.05) is 26.7 Å². The number of amides is 1. The van der Waals surface area contributed by atoms with Crippen LogP contribution in [0.15, 0.2) is 18.3 Å². The van der Waals surface area contributed by atoms with Gasteiger partial charge in [0.1, 0.15) is 5.69 Å². The first-order chi connectivity index (χ1) is 8.77. The van der Waals surface area contributed by atoms with Crippen LogP contribution in [0.1, 0.15) is 56.4 Å². The van der Waals surface area contributed by atoms with Crippen molar-refractivity contribution in [3.63, 3.8) is 0 Å². The summed E-state index contributed by atoms with van der Waals surface area (Å²) in [5, 5.41) is 0. The molecule has 0 aliphatic carbocycles. The lowest BCUT2D eigenvalue weighted by Gasteiger charge is -2.30. The molecule has 0 N–H and O–H groups in total. The molecule has 0 saturated heterocycles. The van der Waals surface area contributed by atoms with E-state index in [1.54, 1.807) is 0 Å². The Bertz CT molecular complexity index is 391. The first-order valence-electron chi connectivity index (χ1n) is 7.24. The Balaban J connectivity index is 2.19. The van der Waals surface area contributed by atoms with Crippen LogP contribution in [-0.4, -0.2) is 28.0 Å². The molecule has 2 heterocycles. The molecule has 0 saturated carbocycles. The second-order valence-corrected chi connectivity index (χ2v) is 5.17. The van der Waals surface area contributed by atoms with Crippen LogP contribution < -0.4 is 0 Å². The van der Waals surface area contributed by atoms with Crippen molar-refractivity contribution in [1.29, 1.82) is 0 Å². The molecule has 0 fully saturated rings. The molecule has 0 unspecified atom stereocenters. The number of aromatic nitrogens is 1. The molecule has 100 valence electrons. The highest BCUT2D eigenvalue weighted by Crippen LogP contribution is 2.20. The maximum absolute atomic E-state index is 12.6. The first-order valence-corrected chi connectivity index (χ1v) is 7.24. The summed E-state index contributed by atoms with van der Waals surface area (Å²) in [4.78, 5) is 14.7. The molecule has 1 aliphatic rings. The molecule has 1 aromatic heterocycles. The molecule has 0 aromatic carbocycles. The standard InChI is InChI=1S/C15H24N2O/c1-3-7-13(8-4-2)17-12-6-11-16-10-5-9-14(16)15(17)18/h5,9-10,13H,3-4,6-8,11-12H2,1-2H3. The van der Waals surface area contributed by atoms with Gasteiger partial charge in [0.05, 0.1) is 0 Å². The molecule has 1 aliphatic heterocycles. The van der Waals surface area contributed by atoms with Crippen molar-refractivity contribution >= 4 is 5.91 Å². The van der Waals surface area contributed by atoms with Crippen LogP contribution >= 0.6 is 0 Å². The summed E-state index contributed by atoms with van der Waals surface area (Å²) in [5.74, 6) is 0.226. The van der Waals surface area contributed by atoms with E-state index in [4.69, 9.17) is 0 Å². The summed E-state index contributed by atoms with van der Waals surface area (Å²) in [6.07, 6.45) is 7.63. The van der Waals surface area contributed by atoms with E-state index in [9.17, 15) is 4.79 Å². The summed E-state index contributed by atoms with van der Waals surface area (Å²) in [6.45, 7) is 6.28. The van der Waals surface area contributed by atoms with Crippen LogP contribution in [0.3, 0.4) is 0 Å². The molecule has 1 amide bonds. The molecule has 0 atom stereocenters. The fourth-order valence-electron chi connectivity index (χ4n) is 2.93. The minimum absolute atomic E-state index is 0.226. The Labute approximate surface area is 110 Å². The monoisotopic (exact) mass is 248 g/mol. The Morgan fingerprint density at radius 1 is 1.22 bits per heavy atom. The van der Waals surface area contributed by atoms with Crippen LogP contribution in [-0.2, 0) is 6.54 Å². The van der Waals surface area contributed by atoms with Crippen LogP contribution in [0.2, 0.25) is 0 Å². The summed E-state index contributed by atoms with van der Waals surface area (Å²) in [5.41, 5.74) is 0.865. The average molecular weight is 248 g/mol. The van der Waals surface area contributed by atoms with Gasteiger partial charge >= 0.3 is 0 Å². The van der Waals surface area contributed by atoms with E-state index in [1.165, 1.54) is 0 Å². The van der Waals surface area contributed by atoms with Crippen LogP contribution in [0, 0.1) is 0 Å². The fourth-order valence-corrected chi connectivity index (χ4v) is 2.93. The topological polar surface area (TPSA) is 25.2 Å². The quantitative estimate of drug-likeness (QED) is 0.785. The Morgan fingerprint density at radius 2 is 1.94 bits per heavy atom. The largest absolute Gasteiger partial charge is 0.343 e. The van der Waals surface area contributed by atoms with Crippen molar-refractivity contribution in [2.75, 3.05) is 6.54 Å². The Morgan fingerprint density at radius 3 is 2.61 bits per heavy atom. The van der Waals surface area contributed by atoms with Gasteiger partial charge in [0.25, 0.3) is 5.91 Å². The summed E-state index contributed by atoms with van der Waals surface area (Å²) in [7, 11) is 0. The number of fused-ring (bicyclic) bond motifs is 1. The summed E-state index contributed by atoms with van der Waals surface area (Å²) in [6, 6.07) is 4.36. The zero-order valence-corrected chi connectivity index (χ0v) is 11.6. The molecule has 18 heavy (non-hydrogen) atoms. The maximum Gasteiger partial charge on any atom is 0.270 e. The molecule has 2 rings (SSSR count). The molecule has 0 bridgehead atoms. The number of carbonyl (C=O) groups is 1. The van der Waals surface area contributed by atoms with Gasteiger partial charge < -0.3 is 9.47 Å². The van der Waals surface area contributed by atoms with Gasteiger partial charge in [0.2, 0.25) is 0 Å². The number of nitrogens with zero attached hydrogens (tertiary/aromatic N) is 2. The highest BCUT2D eigenvalue weighted by molar-refractivity contribution is 5.93. The van der Waals surface area contributed by atoms with Crippen molar-refractivity contribution in [2.45, 2.75) is 58.5 Å². The van der Waals surface area contributed by atoms with Crippen molar-refractivity contribution < 1.29 is 4.79 Å². The lowest BCUT2D eigenvalue weighted by Crippen LogP contribution is -2.40. The van der Waals surface area contributed by atoms with Crippen molar-refractivity contribution in [2.24, 2.45) is 0 Å². The maximum atomic E-state index is 12.6. The van der Waals surface area contributed by atoms with E-state index in [1.807, 2.05) is 18.3 Å². The number of rotatable bonds is 5. The van der Waals surface area contributed by atoms with E-state index in [2.05, 4.69) is 23.3 Å². The third kappa shape index (κ3) is 2.60. The van der Waals surface area contributed by atoms with Gasteiger partial charge in [0.15, 0.2) is 0 Å². The highest BCUT2D eigenvalue weighted by Gasteiger charge is 2.27. The predicted octanol–water partition coefficient (Wildman–Crippen LogP) is 3.30. The zero-order valence-electron chi connectivity index (χ0n) is 11.6. The van der Waals surface area contributed by atoms with Gasteiger partial charge in [0, 0.05) is 25.3 Å². The number of carbonyl (C=O) groups excluding carboxylic acids is 1. The zero-order chi connectivity index (χ0) is 13.0.